The standard InChI is InChI=1S/C20H38O2/c1-4-21-17(3)16-20(22-5-2,18-12-8-6-9-13-18)19-14-10-7-11-15-19/h17-19H,4-16H2,1-3H3. The van der Waals surface area contributed by atoms with Gasteiger partial charge in [0.2, 0.25) is 0 Å². The highest BCUT2D eigenvalue weighted by atomic mass is 16.5. The van der Waals surface area contributed by atoms with Gasteiger partial charge in [-0.1, -0.05) is 38.5 Å². The van der Waals surface area contributed by atoms with Crippen LogP contribution in [0.25, 0.3) is 0 Å². The zero-order valence-corrected chi connectivity index (χ0v) is 15.2. The Morgan fingerprint density at radius 3 is 1.73 bits per heavy atom. The minimum absolute atomic E-state index is 0.0875. The van der Waals surface area contributed by atoms with Crippen LogP contribution in [0.15, 0.2) is 0 Å². The minimum Gasteiger partial charge on any atom is -0.379 e. The molecule has 0 N–H and O–H groups in total. The van der Waals surface area contributed by atoms with E-state index in [2.05, 4.69) is 20.8 Å². The molecular weight excluding hydrogens is 272 g/mol. The molecule has 0 radical (unpaired) electrons. The van der Waals surface area contributed by atoms with Gasteiger partial charge in [0, 0.05) is 19.6 Å². The third kappa shape index (κ3) is 4.47. The lowest BCUT2D eigenvalue weighted by molar-refractivity contribution is -0.161. The molecule has 0 aromatic rings. The molecule has 0 aromatic carbocycles. The van der Waals surface area contributed by atoms with Crippen LogP contribution in [-0.2, 0) is 9.47 Å². The Bertz CT molecular complexity index is 272. The van der Waals surface area contributed by atoms with Crippen LogP contribution >= 0.6 is 0 Å². The van der Waals surface area contributed by atoms with Gasteiger partial charge in [-0.05, 0) is 58.3 Å². The maximum atomic E-state index is 6.65. The zero-order valence-electron chi connectivity index (χ0n) is 15.2. The Morgan fingerprint density at radius 2 is 1.32 bits per heavy atom. The normalized spacial score (nSPS) is 23.6. The van der Waals surface area contributed by atoms with Crippen LogP contribution in [-0.4, -0.2) is 24.9 Å². The summed E-state index contributed by atoms with van der Waals surface area (Å²) in [7, 11) is 0. The van der Waals surface area contributed by atoms with Crippen LogP contribution in [0.3, 0.4) is 0 Å². The van der Waals surface area contributed by atoms with Gasteiger partial charge >= 0.3 is 0 Å². The fraction of sp³-hybridized carbons (Fsp3) is 1.00. The average Bonchev–Trinajstić information content (AvgIpc) is 2.56. The quantitative estimate of drug-likeness (QED) is 0.569. The first-order valence-electron chi connectivity index (χ1n) is 9.98. The number of ether oxygens (including phenoxy) is 2. The third-order valence-electron chi connectivity index (χ3n) is 6.06. The lowest BCUT2D eigenvalue weighted by Crippen LogP contribution is -2.51. The van der Waals surface area contributed by atoms with Gasteiger partial charge in [0.1, 0.15) is 0 Å². The molecule has 0 bridgehead atoms. The van der Waals surface area contributed by atoms with Crippen LogP contribution in [0.4, 0.5) is 0 Å². The average molecular weight is 311 g/mol. The smallest absolute Gasteiger partial charge is 0.0762 e. The summed E-state index contributed by atoms with van der Waals surface area (Å²) in [6.45, 7) is 8.22. The molecule has 0 spiro atoms. The second kappa shape index (κ2) is 9.27. The van der Waals surface area contributed by atoms with Crippen molar-refractivity contribution >= 4 is 0 Å². The Kier molecular flexibility index (Phi) is 7.70. The highest BCUT2D eigenvalue weighted by molar-refractivity contribution is 4.97. The van der Waals surface area contributed by atoms with Gasteiger partial charge in [0.05, 0.1) is 11.7 Å². The van der Waals surface area contributed by atoms with Gasteiger partial charge in [-0.2, -0.15) is 0 Å². The van der Waals surface area contributed by atoms with Gasteiger partial charge in [-0.15, -0.1) is 0 Å². The summed E-state index contributed by atoms with van der Waals surface area (Å²) in [6, 6.07) is 0. The van der Waals surface area contributed by atoms with Gasteiger partial charge in [-0.25, -0.2) is 0 Å². The van der Waals surface area contributed by atoms with Crippen molar-refractivity contribution in [3.05, 3.63) is 0 Å². The molecule has 2 aliphatic rings. The second-order valence-electron chi connectivity index (χ2n) is 7.53. The van der Waals surface area contributed by atoms with E-state index in [4.69, 9.17) is 9.47 Å². The molecule has 0 amide bonds. The summed E-state index contributed by atoms with van der Waals surface area (Å²) in [5, 5.41) is 0. The van der Waals surface area contributed by atoms with Crippen LogP contribution in [0.5, 0.6) is 0 Å². The first-order valence-corrected chi connectivity index (χ1v) is 9.98. The van der Waals surface area contributed by atoms with Crippen LogP contribution < -0.4 is 0 Å². The van der Waals surface area contributed by atoms with Gasteiger partial charge in [0.25, 0.3) is 0 Å². The van der Waals surface area contributed by atoms with E-state index in [1.165, 1.54) is 64.2 Å². The van der Waals surface area contributed by atoms with Crippen molar-refractivity contribution in [3.63, 3.8) is 0 Å². The van der Waals surface area contributed by atoms with Crippen molar-refractivity contribution in [2.24, 2.45) is 11.8 Å². The third-order valence-corrected chi connectivity index (χ3v) is 6.06. The number of rotatable bonds is 8. The topological polar surface area (TPSA) is 18.5 Å². The van der Waals surface area contributed by atoms with E-state index in [1.54, 1.807) is 0 Å². The van der Waals surface area contributed by atoms with E-state index >= 15 is 0 Å². The van der Waals surface area contributed by atoms with Crippen molar-refractivity contribution in [2.75, 3.05) is 13.2 Å². The zero-order chi connectivity index (χ0) is 15.8. The van der Waals surface area contributed by atoms with Crippen LogP contribution in [0, 0.1) is 11.8 Å². The molecule has 22 heavy (non-hydrogen) atoms. The molecule has 2 fully saturated rings. The maximum absolute atomic E-state index is 6.65. The van der Waals surface area contributed by atoms with E-state index in [9.17, 15) is 0 Å². The largest absolute Gasteiger partial charge is 0.379 e. The molecular formula is C20H38O2. The van der Waals surface area contributed by atoms with E-state index < -0.39 is 0 Å². The second-order valence-corrected chi connectivity index (χ2v) is 7.53. The molecule has 2 heteroatoms. The molecule has 0 heterocycles. The summed E-state index contributed by atoms with van der Waals surface area (Å²) < 4.78 is 12.6. The van der Waals surface area contributed by atoms with Crippen LogP contribution in [0.2, 0.25) is 0 Å². The molecule has 1 atom stereocenters. The van der Waals surface area contributed by atoms with Crippen molar-refractivity contribution in [1.82, 2.24) is 0 Å². The fourth-order valence-electron chi connectivity index (χ4n) is 5.21. The summed E-state index contributed by atoms with van der Waals surface area (Å²) in [6.07, 6.45) is 15.3. The van der Waals surface area contributed by atoms with Crippen molar-refractivity contribution in [1.29, 1.82) is 0 Å². The van der Waals surface area contributed by atoms with E-state index in [0.29, 0.717) is 6.10 Å². The maximum Gasteiger partial charge on any atom is 0.0762 e. The summed E-state index contributed by atoms with van der Waals surface area (Å²) in [5.74, 6) is 1.51. The monoisotopic (exact) mass is 310 g/mol. The van der Waals surface area contributed by atoms with Gasteiger partial charge < -0.3 is 9.47 Å². The molecule has 0 aliphatic heterocycles. The number of hydrogen-bond donors (Lipinski definition) is 0. The lowest BCUT2D eigenvalue weighted by atomic mass is 9.64. The van der Waals surface area contributed by atoms with E-state index in [1.807, 2.05) is 0 Å². The summed E-state index contributed by atoms with van der Waals surface area (Å²) >= 11 is 0. The van der Waals surface area contributed by atoms with Crippen LogP contribution in [0.1, 0.15) is 91.4 Å². The molecule has 0 saturated heterocycles. The minimum atomic E-state index is 0.0875. The highest BCUT2D eigenvalue weighted by Crippen LogP contribution is 2.48. The van der Waals surface area contributed by atoms with E-state index in [0.717, 1.165) is 31.5 Å². The molecule has 2 nitrogen and oxygen atoms in total. The highest BCUT2D eigenvalue weighted by Gasteiger charge is 2.47. The molecule has 2 aliphatic carbocycles. The Hall–Kier alpha value is -0.0800. The molecule has 130 valence electrons. The first-order chi connectivity index (χ1) is 10.7. The summed E-state index contributed by atoms with van der Waals surface area (Å²) in [5.41, 5.74) is 0.0875. The predicted octanol–water partition coefficient (Wildman–Crippen LogP) is 5.74. The Balaban J connectivity index is 2.20. The lowest BCUT2D eigenvalue weighted by Gasteiger charge is -2.50. The van der Waals surface area contributed by atoms with Crippen molar-refractivity contribution in [3.8, 4) is 0 Å². The fourth-order valence-corrected chi connectivity index (χ4v) is 5.21. The Morgan fingerprint density at radius 1 is 0.818 bits per heavy atom. The Labute approximate surface area is 138 Å². The molecule has 0 aromatic heterocycles. The SMILES string of the molecule is CCOC(C)CC(OCC)(C1CCCCC1)C1CCCCC1. The number of hydrogen-bond acceptors (Lipinski definition) is 2. The molecule has 1 unspecified atom stereocenters. The van der Waals surface area contributed by atoms with Crippen molar-refractivity contribution < 1.29 is 9.47 Å². The predicted molar refractivity (Wildman–Crippen MR) is 93.2 cm³/mol. The molecule has 2 rings (SSSR count). The van der Waals surface area contributed by atoms with E-state index in [-0.39, 0.29) is 5.60 Å². The molecule has 2 saturated carbocycles. The van der Waals surface area contributed by atoms with Crippen molar-refractivity contribution in [2.45, 2.75) is 103 Å². The van der Waals surface area contributed by atoms with Gasteiger partial charge in [-0.3, -0.25) is 0 Å². The van der Waals surface area contributed by atoms with Gasteiger partial charge in [0.15, 0.2) is 0 Å². The first kappa shape index (κ1) is 18.3. The summed E-state index contributed by atoms with van der Waals surface area (Å²) in [4.78, 5) is 0.